The number of nitrogen functional groups attached to an aromatic ring is 1. The summed E-state index contributed by atoms with van der Waals surface area (Å²) in [5.74, 6) is -1.54. The fourth-order valence-electron chi connectivity index (χ4n) is 1.41. The van der Waals surface area contributed by atoms with Gasteiger partial charge in [0, 0.05) is 6.07 Å². The molecule has 5 heteroatoms. The fourth-order valence-corrected chi connectivity index (χ4v) is 1.41. The smallest absolute Gasteiger partial charge is 0.201 e. The largest absolute Gasteiger partial charge is 0.497 e. The molecule has 0 spiro atoms. The molecule has 94 valence electrons. The maximum Gasteiger partial charge on any atom is 0.201 e. The van der Waals surface area contributed by atoms with Crippen LogP contribution in [0.3, 0.4) is 0 Å². The minimum atomic E-state index is -1.06. The van der Waals surface area contributed by atoms with Crippen molar-refractivity contribution < 1.29 is 18.3 Å². The summed E-state index contributed by atoms with van der Waals surface area (Å²) in [6, 6.07) is 8.38. The second-order valence-electron chi connectivity index (χ2n) is 3.56. The molecule has 0 saturated carbocycles. The molecule has 2 aromatic carbocycles. The van der Waals surface area contributed by atoms with Crippen molar-refractivity contribution in [2.45, 2.75) is 0 Å². The lowest BCUT2D eigenvalue weighted by Crippen LogP contribution is -1.96. The monoisotopic (exact) mass is 251 g/mol. The van der Waals surface area contributed by atoms with E-state index >= 15 is 0 Å². The summed E-state index contributed by atoms with van der Waals surface area (Å²) in [4.78, 5) is 0. The van der Waals surface area contributed by atoms with E-state index in [2.05, 4.69) is 0 Å². The molecule has 0 aliphatic rings. The van der Waals surface area contributed by atoms with Gasteiger partial charge in [-0.3, -0.25) is 0 Å². The van der Waals surface area contributed by atoms with Gasteiger partial charge in [0.15, 0.2) is 17.3 Å². The van der Waals surface area contributed by atoms with E-state index in [1.54, 1.807) is 12.1 Å². The Hall–Kier alpha value is -2.30. The van der Waals surface area contributed by atoms with E-state index in [1.807, 2.05) is 0 Å². The minimum absolute atomic E-state index is 0.207. The minimum Gasteiger partial charge on any atom is -0.497 e. The van der Waals surface area contributed by atoms with E-state index in [0.29, 0.717) is 11.4 Å². The third-order valence-corrected chi connectivity index (χ3v) is 2.36. The lowest BCUT2D eigenvalue weighted by Gasteiger charge is -2.10. The quantitative estimate of drug-likeness (QED) is 0.851. The SMILES string of the molecule is COc1ccc(N)c(Oc2cccc(F)c2F)c1. The van der Waals surface area contributed by atoms with E-state index < -0.39 is 11.6 Å². The van der Waals surface area contributed by atoms with Gasteiger partial charge in [-0.2, -0.15) is 4.39 Å². The van der Waals surface area contributed by atoms with Crippen LogP contribution in [0.15, 0.2) is 36.4 Å². The highest BCUT2D eigenvalue weighted by molar-refractivity contribution is 5.57. The van der Waals surface area contributed by atoms with Crippen LogP contribution in [0.5, 0.6) is 17.2 Å². The molecular formula is C13H11F2NO2. The number of rotatable bonds is 3. The van der Waals surface area contributed by atoms with Crippen LogP contribution in [0, 0.1) is 11.6 Å². The first-order valence-corrected chi connectivity index (χ1v) is 5.17. The van der Waals surface area contributed by atoms with Crippen molar-refractivity contribution in [1.82, 2.24) is 0 Å². The molecule has 0 saturated heterocycles. The van der Waals surface area contributed by atoms with E-state index in [1.165, 1.54) is 25.3 Å². The average molecular weight is 251 g/mol. The molecule has 0 heterocycles. The number of hydrogen-bond donors (Lipinski definition) is 1. The maximum absolute atomic E-state index is 13.4. The third kappa shape index (κ3) is 2.34. The molecule has 2 aromatic rings. The molecule has 0 aliphatic carbocycles. The van der Waals surface area contributed by atoms with Crippen LogP contribution in [0.1, 0.15) is 0 Å². The van der Waals surface area contributed by atoms with E-state index in [4.69, 9.17) is 15.2 Å². The number of hydrogen-bond acceptors (Lipinski definition) is 3. The van der Waals surface area contributed by atoms with Crippen molar-refractivity contribution in [3.05, 3.63) is 48.0 Å². The molecule has 0 radical (unpaired) electrons. The summed E-state index contributed by atoms with van der Waals surface area (Å²) in [5.41, 5.74) is 5.99. The number of anilines is 1. The second kappa shape index (κ2) is 4.91. The summed E-state index contributed by atoms with van der Waals surface area (Å²) in [6.45, 7) is 0. The number of nitrogens with two attached hydrogens (primary N) is 1. The topological polar surface area (TPSA) is 44.5 Å². The van der Waals surface area contributed by atoms with Crippen LogP contribution in [0.2, 0.25) is 0 Å². The third-order valence-electron chi connectivity index (χ3n) is 2.36. The molecule has 0 fully saturated rings. The molecule has 0 atom stereocenters. The van der Waals surface area contributed by atoms with E-state index in [0.717, 1.165) is 6.07 Å². The van der Waals surface area contributed by atoms with Crippen LogP contribution in [-0.2, 0) is 0 Å². The van der Waals surface area contributed by atoms with Crippen molar-refractivity contribution in [1.29, 1.82) is 0 Å². The molecule has 0 aliphatic heterocycles. The Bertz CT molecular complexity index is 573. The van der Waals surface area contributed by atoms with E-state index in [9.17, 15) is 8.78 Å². The Morgan fingerprint density at radius 3 is 2.56 bits per heavy atom. The van der Waals surface area contributed by atoms with Crippen molar-refractivity contribution in [2.24, 2.45) is 0 Å². The first kappa shape index (κ1) is 12.2. The summed E-state index contributed by atoms with van der Waals surface area (Å²) < 4.78 is 36.7. The van der Waals surface area contributed by atoms with Crippen molar-refractivity contribution in [2.75, 3.05) is 12.8 Å². The lowest BCUT2D eigenvalue weighted by atomic mass is 10.2. The molecule has 0 bridgehead atoms. The van der Waals surface area contributed by atoms with Gasteiger partial charge >= 0.3 is 0 Å². The van der Waals surface area contributed by atoms with Gasteiger partial charge in [0.05, 0.1) is 12.8 Å². The van der Waals surface area contributed by atoms with Crippen LogP contribution in [-0.4, -0.2) is 7.11 Å². The van der Waals surface area contributed by atoms with Gasteiger partial charge in [0.25, 0.3) is 0 Å². The van der Waals surface area contributed by atoms with Crippen molar-refractivity contribution >= 4 is 5.69 Å². The van der Waals surface area contributed by atoms with E-state index in [-0.39, 0.29) is 11.5 Å². The predicted octanol–water partition coefficient (Wildman–Crippen LogP) is 3.35. The lowest BCUT2D eigenvalue weighted by molar-refractivity contribution is 0.400. The van der Waals surface area contributed by atoms with Gasteiger partial charge in [0.1, 0.15) is 5.75 Å². The summed E-state index contributed by atoms with van der Waals surface area (Å²) in [5, 5.41) is 0. The number of benzene rings is 2. The number of methoxy groups -OCH3 is 1. The van der Waals surface area contributed by atoms with Crippen molar-refractivity contribution in [3.8, 4) is 17.2 Å². The highest BCUT2D eigenvalue weighted by Gasteiger charge is 2.11. The van der Waals surface area contributed by atoms with Gasteiger partial charge in [0.2, 0.25) is 5.82 Å². The highest BCUT2D eigenvalue weighted by atomic mass is 19.2. The standard InChI is InChI=1S/C13H11F2NO2/c1-17-8-5-6-10(16)12(7-8)18-11-4-2-3-9(14)13(11)15/h2-7H,16H2,1H3. The van der Waals surface area contributed by atoms with Crippen LogP contribution >= 0.6 is 0 Å². The van der Waals surface area contributed by atoms with Crippen LogP contribution < -0.4 is 15.2 Å². The van der Waals surface area contributed by atoms with Gasteiger partial charge in [-0.25, -0.2) is 4.39 Å². The predicted molar refractivity (Wildman–Crippen MR) is 63.8 cm³/mol. The summed E-state index contributed by atoms with van der Waals surface area (Å²) >= 11 is 0. The molecular weight excluding hydrogens is 240 g/mol. The zero-order valence-corrected chi connectivity index (χ0v) is 9.61. The zero-order valence-electron chi connectivity index (χ0n) is 9.61. The number of halogens is 2. The molecule has 0 unspecified atom stereocenters. The first-order valence-electron chi connectivity index (χ1n) is 5.17. The Morgan fingerprint density at radius 2 is 1.83 bits per heavy atom. The average Bonchev–Trinajstić information content (AvgIpc) is 2.37. The number of ether oxygens (including phenoxy) is 2. The summed E-state index contributed by atoms with van der Waals surface area (Å²) in [6.07, 6.45) is 0. The van der Waals surface area contributed by atoms with Gasteiger partial charge in [-0.1, -0.05) is 6.07 Å². The van der Waals surface area contributed by atoms with Crippen molar-refractivity contribution in [3.63, 3.8) is 0 Å². The Kier molecular flexibility index (Phi) is 3.32. The molecule has 0 amide bonds. The van der Waals surface area contributed by atoms with Gasteiger partial charge < -0.3 is 15.2 Å². The molecule has 2 N–H and O–H groups in total. The summed E-state index contributed by atoms with van der Waals surface area (Å²) in [7, 11) is 1.48. The zero-order chi connectivity index (χ0) is 13.1. The fraction of sp³-hybridized carbons (Fsp3) is 0.0769. The Morgan fingerprint density at radius 1 is 1.06 bits per heavy atom. The van der Waals surface area contributed by atoms with Gasteiger partial charge in [-0.15, -0.1) is 0 Å². The maximum atomic E-state index is 13.4. The Balaban J connectivity index is 2.36. The highest BCUT2D eigenvalue weighted by Crippen LogP contribution is 2.32. The van der Waals surface area contributed by atoms with Gasteiger partial charge in [-0.05, 0) is 24.3 Å². The van der Waals surface area contributed by atoms with Crippen LogP contribution in [0.4, 0.5) is 14.5 Å². The second-order valence-corrected chi connectivity index (χ2v) is 3.56. The normalized spacial score (nSPS) is 10.2. The molecule has 18 heavy (non-hydrogen) atoms. The Labute approximate surface area is 103 Å². The molecule has 2 rings (SSSR count). The molecule has 3 nitrogen and oxygen atoms in total. The first-order chi connectivity index (χ1) is 8.61. The molecule has 0 aromatic heterocycles. The van der Waals surface area contributed by atoms with Crippen LogP contribution in [0.25, 0.3) is 0 Å².